The Kier molecular flexibility index (Phi) is 4.82. The Balaban J connectivity index is 1.51. The molecule has 0 aliphatic carbocycles. The Bertz CT molecular complexity index is 604. The molecule has 1 aliphatic heterocycles. The highest BCUT2D eigenvalue weighted by atomic mass is 16.1. The van der Waals surface area contributed by atoms with Crippen molar-refractivity contribution in [1.29, 1.82) is 0 Å². The van der Waals surface area contributed by atoms with Gasteiger partial charge in [-0.2, -0.15) is 5.10 Å². The van der Waals surface area contributed by atoms with Gasteiger partial charge in [0.05, 0.1) is 5.69 Å². The summed E-state index contributed by atoms with van der Waals surface area (Å²) in [5.41, 5.74) is 2.28. The standard InChI is InChI=1S/C16H21N5O/c22-16(18-8-11-21-9-6-17-7-10-21)15-12-14(19-20-15)13-4-2-1-3-5-13/h1-5,12,17H,6-11H2,(H,18,22)(H,19,20). The first-order valence-corrected chi connectivity index (χ1v) is 7.65. The highest BCUT2D eigenvalue weighted by molar-refractivity contribution is 5.93. The van der Waals surface area contributed by atoms with Crippen molar-refractivity contribution in [2.45, 2.75) is 0 Å². The second-order valence-electron chi connectivity index (χ2n) is 5.38. The molecule has 0 saturated carbocycles. The Morgan fingerprint density at radius 2 is 2.00 bits per heavy atom. The van der Waals surface area contributed by atoms with Gasteiger partial charge in [-0.25, -0.2) is 0 Å². The number of nitrogens with zero attached hydrogens (tertiary/aromatic N) is 2. The molecule has 1 aliphatic rings. The van der Waals surface area contributed by atoms with Crippen molar-refractivity contribution < 1.29 is 4.79 Å². The maximum Gasteiger partial charge on any atom is 0.269 e. The second-order valence-corrected chi connectivity index (χ2v) is 5.38. The molecule has 1 saturated heterocycles. The number of rotatable bonds is 5. The summed E-state index contributed by atoms with van der Waals surface area (Å²) in [5.74, 6) is -0.107. The van der Waals surface area contributed by atoms with Crippen LogP contribution < -0.4 is 10.6 Å². The van der Waals surface area contributed by atoms with E-state index in [1.54, 1.807) is 6.07 Å². The zero-order valence-electron chi connectivity index (χ0n) is 12.5. The minimum atomic E-state index is -0.107. The number of hydrogen-bond donors (Lipinski definition) is 3. The largest absolute Gasteiger partial charge is 0.349 e. The molecule has 116 valence electrons. The van der Waals surface area contributed by atoms with Gasteiger partial charge in [0.1, 0.15) is 5.69 Å². The molecule has 1 aromatic heterocycles. The third-order valence-electron chi connectivity index (χ3n) is 3.82. The zero-order chi connectivity index (χ0) is 15.2. The van der Waals surface area contributed by atoms with Crippen molar-refractivity contribution >= 4 is 5.91 Å². The molecule has 3 rings (SSSR count). The van der Waals surface area contributed by atoms with Gasteiger partial charge < -0.3 is 10.6 Å². The maximum atomic E-state index is 12.1. The first-order chi connectivity index (χ1) is 10.8. The highest BCUT2D eigenvalue weighted by Crippen LogP contribution is 2.16. The lowest BCUT2D eigenvalue weighted by Gasteiger charge is -2.26. The topological polar surface area (TPSA) is 73.1 Å². The first kappa shape index (κ1) is 14.7. The van der Waals surface area contributed by atoms with Crippen LogP contribution in [-0.4, -0.2) is 60.3 Å². The van der Waals surface area contributed by atoms with Gasteiger partial charge in [0, 0.05) is 44.8 Å². The molecule has 0 spiro atoms. The molecule has 0 unspecified atom stereocenters. The van der Waals surface area contributed by atoms with Crippen molar-refractivity contribution in [3.8, 4) is 11.3 Å². The number of piperazine rings is 1. The van der Waals surface area contributed by atoms with Crippen molar-refractivity contribution in [3.05, 3.63) is 42.1 Å². The van der Waals surface area contributed by atoms with Gasteiger partial charge in [0.25, 0.3) is 5.91 Å². The molecule has 1 amide bonds. The minimum Gasteiger partial charge on any atom is -0.349 e. The lowest BCUT2D eigenvalue weighted by Crippen LogP contribution is -2.46. The van der Waals surface area contributed by atoms with E-state index >= 15 is 0 Å². The molecular formula is C16H21N5O. The molecule has 6 heteroatoms. The maximum absolute atomic E-state index is 12.1. The number of nitrogens with one attached hydrogen (secondary N) is 3. The van der Waals surface area contributed by atoms with Gasteiger partial charge in [-0.05, 0) is 6.07 Å². The van der Waals surface area contributed by atoms with Crippen LogP contribution in [0.1, 0.15) is 10.5 Å². The van der Waals surface area contributed by atoms with E-state index in [4.69, 9.17) is 0 Å². The number of H-pyrrole nitrogens is 1. The quantitative estimate of drug-likeness (QED) is 0.760. The molecule has 6 nitrogen and oxygen atoms in total. The van der Waals surface area contributed by atoms with E-state index < -0.39 is 0 Å². The number of amides is 1. The molecule has 1 fully saturated rings. The van der Waals surface area contributed by atoms with Crippen molar-refractivity contribution in [2.24, 2.45) is 0 Å². The lowest BCUT2D eigenvalue weighted by molar-refractivity contribution is 0.0942. The van der Waals surface area contributed by atoms with Gasteiger partial charge in [0.15, 0.2) is 0 Å². The summed E-state index contributed by atoms with van der Waals surface area (Å²) >= 11 is 0. The van der Waals surface area contributed by atoms with Gasteiger partial charge in [0.2, 0.25) is 0 Å². The molecule has 22 heavy (non-hydrogen) atoms. The number of benzene rings is 1. The number of hydrogen-bond acceptors (Lipinski definition) is 4. The van der Waals surface area contributed by atoms with Crippen LogP contribution in [0.4, 0.5) is 0 Å². The summed E-state index contributed by atoms with van der Waals surface area (Å²) in [4.78, 5) is 14.5. The number of carbonyl (C=O) groups excluding carboxylic acids is 1. The van der Waals surface area contributed by atoms with E-state index in [2.05, 4.69) is 25.7 Å². The van der Waals surface area contributed by atoms with Crippen LogP contribution in [0, 0.1) is 0 Å². The molecular weight excluding hydrogens is 278 g/mol. The average molecular weight is 299 g/mol. The summed E-state index contributed by atoms with van der Waals surface area (Å²) in [7, 11) is 0. The Morgan fingerprint density at radius 3 is 2.77 bits per heavy atom. The van der Waals surface area contributed by atoms with E-state index in [1.165, 1.54) is 0 Å². The van der Waals surface area contributed by atoms with E-state index in [0.29, 0.717) is 12.2 Å². The Morgan fingerprint density at radius 1 is 1.23 bits per heavy atom. The molecule has 0 radical (unpaired) electrons. The molecule has 0 bridgehead atoms. The fourth-order valence-corrected chi connectivity index (χ4v) is 2.55. The smallest absolute Gasteiger partial charge is 0.269 e. The molecule has 2 heterocycles. The van der Waals surface area contributed by atoms with E-state index in [-0.39, 0.29) is 5.91 Å². The molecule has 3 N–H and O–H groups in total. The zero-order valence-corrected chi connectivity index (χ0v) is 12.5. The third kappa shape index (κ3) is 3.72. The van der Waals surface area contributed by atoms with E-state index in [1.807, 2.05) is 30.3 Å². The molecule has 2 aromatic rings. The van der Waals surface area contributed by atoms with E-state index in [0.717, 1.165) is 44.0 Å². The molecule has 0 atom stereocenters. The van der Waals surface area contributed by atoms with Crippen LogP contribution >= 0.6 is 0 Å². The van der Waals surface area contributed by atoms with Crippen LogP contribution in [0.2, 0.25) is 0 Å². The predicted octanol–water partition coefficient (Wildman–Crippen LogP) is 0.712. The number of aromatic amines is 1. The number of aromatic nitrogens is 2. The Hall–Kier alpha value is -2.18. The first-order valence-electron chi connectivity index (χ1n) is 7.65. The summed E-state index contributed by atoms with van der Waals surface area (Å²) in [6, 6.07) is 11.6. The third-order valence-corrected chi connectivity index (χ3v) is 3.82. The second kappa shape index (κ2) is 7.20. The van der Waals surface area contributed by atoms with Gasteiger partial charge in [-0.15, -0.1) is 0 Å². The summed E-state index contributed by atoms with van der Waals surface area (Å²) in [6.45, 7) is 5.66. The predicted molar refractivity (Wildman–Crippen MR) is 85.7 cm³/mol. The highest BCUT2D eigenvalue weighted by Gasteiger charge is 2.12. The summed E-state index contributed by atoms with van der Waals surface area (Å²) < 4.78 is 0. The normalized spacial score (nSPS) is 15.6. The molecule has 1 aromatic carbocycles. The van der Waals surface area contributed by atoms with Crippen molar-refractivity contribution in [2.75, 3.05) is 39.3 Å². The Labute approximate surface area is 129 Å². The summed E-state index contributed by atoms with van der Waals surface area (Å²) in [6.07, 6.45) is 0. The lowest BCUT2D eigenvalue weighted by atomic mass is 10.1. The minimum absolute atomic E-state index is 0.107. The SMILES string of the molecule is O=C(NCCN1CCNCC1)c1cc(-c2ccccc2)n[nH]1. The van der Waals surface area contributed by atoms with Crippen LogP contribution in [0.5, 0.6) is 0 Å². The van der Waals surface area contributed by atoms with Gasteiger partial charge >= 0.3 is 0 Å². The van der Waals surface area contributed by atoms with E-state index in [9.17, 15) is 4.79 Å². The van der Waals surface area contributed by atoms with Crippen LogP contribution in [0.25, 0.3) is 11.3 Å². The number of carbonyl (C=O) groups is 1. The van der Waals surface area contributed by atoms with Gasteiger partial charge in [-0.3, -0.25) is 14.8 Å². The monoisotopic (exact) mass is 299 g/mol. The fourth-order valence-electron chi connectivity index (χ4n) is 2.55. The van der Waals surface area contributed by atoms with Crippen molar-refractivity contribution in [1.82, 2.24) is 25.7 Å². The van der Waals surface area contributed by atoms with Gasteiger partial charge in [-0.1, -0.05) is 30.3 Å². The average Bonchev–Trinajstić information content (AvgIpc) is 3.07. The fraction of sp³-hybridized carbons (Fsp3) is 0.375. The van der Waals surface area contributed by atoms with Crippen molar-refractivity contribution in [3.63, 3.8) is 0 Å². The van der Waals surface area contributed by atoms with Crippen LogP contribution in [-0.2, 0) is 0 Å². The van der Waals surface area contributed by atoms with Crippen LogP contribution in [0.3, 0.4) is 0 Å². The van der Waals surface area contributed by atoms with Crippen LogP contribution in [0.15, 0.2) is 36.4 Å². The summed E-state index contributed by atoms with van der Waals surface area (Å²) in [5, 5.41) is 13.3.